The summed E-state index contributed by atoms with van der Waals surface area (Å²) in [6.07, 6.45) is 3.25. The van der Waals surface area contributed by atoms with Gasteiger partial charge in [0.25, 0.3) is 0 Å². The van der Waals surface area contributed by atoms with E-state index in [0.29, 0.717) is 18.0 Å². The van der Waals surface area contributed by atoms with E-state index in [1.165, 1.54) is 6.33 Å². The zero-order valence-electron chi connectivity index (χ0n) is 14.7. The van der Waals surface area contributed by atoms with E-state index in [4.69, 9.17) is 9.47 Å². The van der Waals surface area contributed by atoms with E-state index in [0.717, 1.165) is 25.0 Å². The second-order valence-corrected chi connectivity index (χ2v) is 6.02. The van der Waals surface area contributed by atoms with Crippen LogP contribution >= 0.6 is 0 Å². The highest BCUT2D eigenvalue weighted by atomic mass is 16.6. The average Bonchev–Trinajstić information content (AvgIpc) is 3.13. The third-order valence-corrected chi connectivity index (χ3v) is 4.13. The van der Waals surface area contributed by atoms with E-state index in [1.54, 1.807) is 13.2 Å². The molecule has 3 rings (SSSR count). The minimum absolute atomic E-state index is 0.0397. The molecule has 1 unspecified atom stereocenters. The summed E-state index contributed by atoms with van der Waals surface area (Å²) in [5, 5.41) is 17.6. The summed E-state index contributed by atoms with van der Waals surface area (Å²) < 4.78 is 10.8. The minimum atomic E-state index is -0.498. The standard InChI is InChI=1S/C17H21N5O4/c1-11-5-6-14(25-2)13(8-11)21-17-15(22(23)24)16(19-10-20-17)18-9-12-4-3-7-26-12/h5-6,8,10,12H,3-4,7,9H2,1-2H3,(H2,18,19,20,21). The van der Waals surface area contributed by atoms with E-state index < -0.39 is 4.92 Å². The van der Waals surface area contributed by atoms with Crippen molar-refractivity contribution in [3.63, 3.8) is 0 Å². The van der Waals surface area contributed by atoms with E-state index in [-0.39, 0.29) is 23.4 Å². The van der Waals surface area contributed by atoms with Crippen molar-refractivity contribution in [2.24, 2.45) is 0 Å². The van der Waals surface area contributed by atoms with Gasteiger partial charge in [-0.25, -0.2) is 9.97 Å². The number of hydrogen-bond acceptors (Lipinski definition) is 8. The van der Waals surface area contributed by atoms with Crippen LogP contribution in [0.15, 0.2) is 24.5 Å². The maximum absolute atomic E-state index is 11.6. The lowest BCUT2D eigenvalue weighted by Crippen LogP contribution is -2.20. The molecule has 26 heavy (non-hydrogen) atoms. The zero-order chi connectivity index (χ0) is 18.5. The molecule has 0 radical (unpaired) electrons. The Labute approximate surface area is 150 Å². The van der Waals surface area contributed by atoms with Gasteiger partial charge >= 0.3 is 5.69 Å². The van der Waals surface area contributed by atoms with E-state index >= 15 is 0 Å². The van der Waals surface area contributed by atoms with Crippen molar-refractivity contribution in [3.05, 3.63) is 40.2 Å². The average molecular weight is 359 g/mol. The molecule has 0 amide bonds. The van der Waals surface area contributed by atoms with Crippen molar-refractivity contribution < 1.29 is 14.4 Å². The molecule has 2 N–H and O–H groups in total. The molecule has 2 heterocycles. The molecule has 1 atom stereocenters. The third-order valence-electron chi connectivity index (χ3n) is 4.13. The summed E-state index contributed by atoms with van der Waals surface area (Å²) in [6.45, 7) is 3.11. The molecule has 0 aliphatic carbocycles. The Morgan fingerprint density at radius 3 is 2.88 bits per heavy atom. The fourth-order valence-corrected chi connectivity index (χ4v) is 2.84. The lowest BCUT2D eigenvalue weighted by molar-refractivity contribution is -0.383. The van der Waals surface area contributed by atoms with Crippen LogP contribution in [0.25, 0.3) is 0 Å². The Morgan fingerprint density at radius 1 is 1.38 bits per heavy atom. The highest BCUT2D eigenvalue weighted by molar-refractivity contribution is 5.76. The van der Waals surface area contributed by atoms with Crippen molar-refractivity contribution in [1.82, 2.24) is 9.97 Å². The number of rotatable bonds is 7. The van der Waals surface area contributed by atoms with Gasteiger partial charge in [-0.05, 0) is 37.5 Å². The monoisotopic (exact) mass is 359 g/mol. The highest BCUT2D eigenvalue weighted by Gasteiger charge is 2.25. The SMILES string of the molecule is COc1ccc(C)cc1Nc1ncnc(NCC2CCCO2)c1[N+](=O)[O-]. The van der Waals surface area contributed by atoms with Crippen molar-refractivity contribution in [2.75, 3.05) is 30.9 Å². The lowest BCUT2D eigenvalue weighted by Gasteiger charge is -2.14. The molecule has 0 saturated carbocycles. The van der Waals surface area contributed by atoms with E-state index in [2.05, 4.69) is 20.6 Å². The van der Waals surface area contributed by atoms with Gasteiger partial charge in [-0.2, -0.15) is 0 Å². The van der Waals surface area contributed by atoms with Gasteiger partial charge in [0.15, 0.2) is 0 Å². The fourth-order valence-electron chi connectivity index (χ4n) is 2.84. The van der Waals surface area contributed by atoms with Gasteiger partial charge in [-0.3, -0.25) is 10.1 Å². The Morgan fingerprint density at radius 2 is 2.19 bits per heavy atom. The molecule has 1 fully saturated rings. The molecule has 1 aromatic heterocycles. The molecule has 9 heteroatoms. The maximum atomic E-state index is 11.6. The number of nitrogens with one attached hydrogen (secondary N) is 2. The molecule has 2 aromatic rings. The Balaban J connectivity index is 1.88. The summed E-state index contributed by atoms with van der Waals surface area (Å²) in [7, 11) is 1.54. The molecule has 1 aromatic carbocycles. The summed E-state index contributed by atoms with van der Waals surface area (Å²) in [4.78, 5) is 19.2. The van der Waals surface area contributed by atoms with Crippen LogP contribution < -0.4 is 15.4 Å². The summed E-state index contributed by atoms with van der Waals surface area (Å²) >= 11 is 0. The Kier molecular flexibility index (Phi) is 5.47. The van der Waals surface area contributed by atoms with Crippen molar-refractivity contribution in [2.45, 2.75) is 25.9 Å². The van der Waals surface area contributed by atoms with Crippen molar-refractivity contribution >= 4 is 23.0 Å². The number of ether oxygens (including phenoxy) is 2. The molecular formula is C17H21N5O4. The lowest BCUT2D eigenvalue weighted by atomic mass is 10.2. The topological polar surface area (TPSA) is 111 Å². The predicted octanol–water partition coefficient (Wildman–Crippen LogP) is 3.04. The van der Waals surface area contributed by atoms with Gasteiger partial charge in [-0.1, -0.05) is 6.07 Å². The molecule has 1 aliphatic rings. The van der Waals surface area contributed by atoms with Crippen LogP contribution in [-0.2, 0) is 4.74 Å². The van der Waals surface area contributed by atoms with Crippen LogP contribution in [0, 0.1) is 17.0 Å². The number of benzene rings is 1. The Bertz CT molecular complexity index is 793. The van der Waals surface area contributed by atoms with Gasteiger partial charge in [0.2, 0.25) is 11.6 Å². The fraction of sp³-hybridized carbons (Fsp3) is 0.412. The zero-order valence-corrected chi connectivity index (χ0v) is 14.7. The first-order chi connectivity index (χ1) is 12.6. The molecule has 0 bridgehead atoms. The van der Waals surface area contributed by atoms with Crippen LogP contribution in [0.2, 0.25) is 0 Å². The highest BCUT2D eigenvalue weighted by Crippen LogP contribution is 2.34. The number of aromatic nitrogens is 2. The summed E-state index contributed by atoms with van der Waals surface area (Å²) in [6, 6.07) is 5.53. The molecule has 1 aliphatic heterocycles. The van der Waals surface area contributed by atoms with Crippen LogP contribution in [0.1, 0.15) is 18.4 Å². The van der Waals surface area contributed by atoms with Crippen LogP contribution in [0.4, 0.5) is 23.0 Å². The van der Waals surface area contributed by atoms with Gasteiger partial charge in [0.05, 0.1) is 23.8 Å². The maximum Gasteiger partial charge on any atom is 0.353 e. The number of anilines is 3. The van der Waals surface area contributed by atoms with Crippen LogP contribution in [-0.4, -0.2) is 41.3 Å². The van der Waals surface area contributed by atoms with Gasteiger partial charge in [0.1, 0.15) is 12.1 Å². The number of aryl methyl sites for hydroxylation is 1. The quantitative estimate of drug-likeness (QED) is 0.573. The molecule has 138 valence electrons. The van der Waals surface area contributed by atoms with E-state index in [9.17, 15) is 10.1 Å². The van der Waals surface area contributed by atoms with E-state index in [1.807, 2.05) is 19.1 Å². The van der Waals surface area contributed by atoms with Crippen LogP contribution in [0.3, 0.4) is 0 Å². The second-order valence-electron chi connectivity index (χ2n) is 6.02. The smallest absolute Gasteiger partial charge is 0.353 e. The van der Waals surface area contributed by atoms with Gasteiger partial charge < -0.3 is 20.1 Å². The molecule has 1 saturated heterocycles. The molecular weight excluding hydrogens is 338 g/mol. The van der Waals surface area contributed by atoms with Gasteiger partial charge in [-0.15, -0.1) is 0 Å². The normalized spacial score (nSPS) is 16.3. The number of methoxy groups -OCH3 is 1. The first kappa shape index (κ1) is 17.9. The second kappa shape index (κ2) is 7.96. The number of nitrogens with zero attached hydrogens (tertiary/aromatic N) is 3. The minimum Gasteiger partial charge on any atom is -0.495 e. The predicted molar refractivity (Wildman–Crippen MR) is 97.2 cm³/mol. The largest absolute Gasteiger partial charge is 0.495 e. The van der Waals surface area contributed by atoms with Crippen molar-refractivity contribution in [3.8, 4) is 5.75 Å². The first-order valence-electron chi connectivity index (χ1n) is 8.35. The van der Waals surface area contributed by atoms with Crippen molar-refractivity contribution in [1.29, 1.82) is 0 Å². The number of nitro groups is 1. The Hall–Kier alpha value is -2.94. The molecule has 0 spiro atoms. The summed E-state index contributed by atoms with van der Waals surface area (Å²) in [5.41, 5.74) is 1.37. The third kappa shape index (κ3) is 3.99. The first-order valence-corrected chi connectivity index (χ1v) is 8.35. The van der Waals surface area contributed by atoms with Gasteiger partial charge in [0, 0.05) is 13.2 Å². The molecule has 9 nitrogen and oxygen atoms in total. The van der Waals surface area contributed by atoms with Crippen LogP contribution in [0.5, 0.6) is 5.75 Å². The summed E-state index contributed by atoms with van der Waals surface area (Å²) in [5.74, 6) is 0.829. The number of hydrogen-bond donors (Lipinski definition) is 2.